The Kier molecular flexibility index (Phi) is 3.25. The van der Waals surface area contributed by atoms with Gasteiger partial charge in [0.05, 0.1) is 29.5 Å². The number of aromatic amines is 1. The van der Waals surface area contributed by atoms with Gasteiger partial charge in [-0.05, 0) is 50.1 Å². The Balaban J connectivity index is 1.40. The van der Waals surface area contributed by atoms with E-state index in [0.29, 0.717) is 11.6 Å². The van der Waals surface area contributed by atoms with Crippen LogP contribution in [0.1, 0.15) is 24.0 Å². The molecule has 0 unspecified atom stereocenters. The molecule has 29 heavy (non-hydrogen) atoms. The molecule has 0 saturated heterocycles. The molecule has 1 spiro atoms. The molecule has 3 heterocycles. The van der Waals surface area contributed by atoms with Crippen LogP contribution in [-0.2, 0) is 5.41 Å². The first-order valence-corrected chi connectivity index (χ1v) is 9.76. The number of benzene rings is 2. The van der Waals surface area contributed by atoms with Crippen molar-refractivity contribution in [2.24, 2.45) is 0 Å². The molecule has 0 atom stereocenters. The van der Waals surface area contributed by atoms with Gasteiger partial charge in [-0.15, -0.1) is 0 Å². The summed E-state index contributed by atoms with van der Waals surface area (Å²) in [6.07, 6.45) is 3.95. The number of imidazole rings is 1. The maximum absolute atomic E-state index is 12.5. The normalized spacial score (nSPS) is 16.0. The summed E-state index contributed by atoms with van der Waals surface area (Å²) in [4.78, 5) is 19.9. The largest absolute Gasteiger partial charge is 0.492 e. The molecule has 144 valence electrons. The van der Waals surface area contributed by atoms with Crippen LogP contribution in [0.5, 0.6) is 17.4 Å². The molecular formula is C23H19N3O3. The fraction of sp³-hybridized carbons (Fsp3) is 0.217. The number of hydrogen-bond donors (Lipinski definition) is 1. The molecule has 1 fully saturated rings. The van der Waals surface area contributed by atoms with Crippen LogP contribution in [0.3, 0.4) is 0 Å². The minimum Gasteiger partial charge on any atom is -0.492 e. The molecule has 0 amide bonds. The third kappa shape index (κ3) is 2.42. The van der Waals surface area contributed by atoms with E-state index >= 15 is 0 Å². The van der Waals surface area contributed by atoms with Crippen LogP contribution in [0.4, 0.5) is 0 Å². The lowest BCUT2D eigenvalue weighted by molar-refractivity contribution is 0.323. The first kappa shape index (κ1) is 16.4. The lowest BCUT2D eigenvalue weighted by Crippen LogP contribution is -2.15. The Bertz CT molecular complexity index is 1330. The minimum atomic E-state index is -0.185. The average Bonchev–Trinajstić information content (AvgIpc) is 3.29. The molecule has 2 aliphatic rings. The van der Waals surface area contributed by atoms with E-state index in [1.54, 1.807) is 10.8 Å². The smallest absolute Gasteiger partial charge is 0.331 e. The number of fused-ring (bicyclic) bond motifs is 3. The van der Waals surface area contributed by atoms with Crippen molar-refractivity contribution in [3.05, 3.63) is 76.3 Å². The second-order valence-electron chi connectivity index (χ2n) is 7.90. The molecule has 6 nitrogen and oxygen atoms in total. The number of hydrogen-bond acceptors (Lipinski definition) is 4. The summed E-state index contributed by atoms with van der Waals surface area (Å²) in [7, 11) is 0. The Labute approximate surface area is 166 Å². The monoisotopic (exact) mass is 385 g/mol. The number of H-pyrrole nitrogens is 1. The van der Waals surface area contributed by atoms with E-state index in [-0.39, 0.29) is 11.1 Å². The van der Waals surface area contributed by atoms with Crippen LogP contribution in [0.2, 0.25) is 0 Å². The second kappa shape index (κ2) is 5.73. The van der Waals surface area contributed by atoms with Crippen molar-refractivity contribution < 1.29 is 9.47 Å². The lowest BCUT2D eigenvalue weighted by Gasteiger charge is -2.14. The Morgan fingerprint density at radius 1 is 1.17 bits per heavy atom. The molecule has 0 radical (unpaired) electrons. The maximum Gasteiger partial charge on any atom is 0.331 e. The van der Waals surface area contributed by atoms with Crippen LogP contribution < -0.4 is 15.2 Å². The molecule has 4 aromatic rings. The first-order chi connectivity index (χ1) is 14.1. The molecule has 0 bridgehead atoms. The Hall–Kier alpha value is -3.54. The summed E-state index contributed by atoms with van der Waals surface area (Å²) in [5.41, 5.74) is 4.29. The van der Waals surface area contributed by atoms with Gasteiger partial charge in [-0.25, -0.2) is 9.78 Å². The van der Waals surface area contributed by atoms with Gasteiger partial charge in [0.25, 0.3) is 0 Å². The van der Waals surface area contributed by atoms with E-state index in [0.717, 1.165) is 53.1 Å². The van der Waals surface area contributed by atoms with Crippen molar-refractivity contribution in [1.29, 1.82) is 0 Å². The third-order valence-electron chi connectivity index (χ3n) is 5.95. The van der Waals surface area contributed by atoms with E-state index in [1.165, 1.54) is 0 Å². The molecular weight excluding hydrogens is 366 g/mol. The highest BCUT2D eigenvalue weighted by Crippen LogP contribution is 2.58. The molecule has 1 saturated carbocycles. The van der Waals surface area contributed by atoms with E-state index in [4.69, 9.17) is 9.47 Å². The van der Waals surface area contributed by atoms with Crippen LogP contribution in [0, 0.1) is 6.92 Å². The van der Waals surface area contributed by atoms with Gasteiger partial charge in [0.2, 0.25) is 5.88 Å². The molecule has 1 aliphatic heterocycles. The van der Waals surface area contributed by atoms with Crippen molar-refractivity contribution in [3.8, 4) is 23.1 Å². The van der Waals surface area contributed by atoms with Gasteiger partial charge in [0.15, 0.2) is 0 Å². The van der Waals surface area contributed by atoms with E-state index < -0.39 is 0 Å². The van der Waals surface area contributed by atoms with E-state index in [9.17, 15) is 4.79 Å². The summed E-state index contributed by atoms with van der Waals surface area (Å²) in [5, 5.41) is 0. The number of nitrogens with one attached hydrogen (secondary N) is 1. The van der Waals surface area contributed by atoms with Crippen molar-refractivity contribution in [2.45, 2.75) is 25.2 Å². The predicted octanol–water partition coefficient (Wildman–Crippen LogP) is 4.24. The number of ether oxygens (including phenoxy) is 2. The van der Waals surface area contributed by atoms with Crippen molar-refractivity contribution in [3.63, 3.8) is 0 Å². The highest BCUT2D eigenvalue weighted by Gasteiger charge is 2.52. The van der Waals surface area contributed by atoms with Crippen LogP contribution in [-0.4, -0.2) is 21.1 Å². The maximum atomic E-state index is 12.5. The molecule has 1 aliphatic carbocycles. The summed E-state index contributed by atoms with van der Waals surface area (Å²) >= 11 is 0. The van der Waals surface area contributed by atoms with Crippen molar-refractivity contribution >= 4 is 11.0 Å². The topological polar surface area (TPSA) is 69.1 Å². The molecule has 2 aromatic carbocycles. The van der Waals surface area contributed by atoms with Crippen molar-refractivity contribution in [2.75, 3.05) is 6.61 Å². The Morgan fingerprint density at radius 3 is 2.86 bits per heavy atom. The highest BCUT2D eigenvalue weighted by molar-refractivity contribution is 5.77. The van der Waals surface area contributed by atoms with Gasteiger partial charge in [-0.2, -0.15) is 0 Å². The predicted molar refractivity (Wildman–Crippen MR) is 109 cm³/mol. The zero-order chi connectivity index (χ0) is 19.6. The summed E-state index contributed by atoms with van der Waals surface area (Å²) in [6, 6.07) is 15.5. The molecule has 1 N–H and O–H groups in total. The van der Waals surface area contributed by atoms with E-state index in [2.05, 4.69) is 9.97 Å². The second-order valence-corrected chi connectivity index (χ2v) is 7.90. The zero-order valence-electron chi connectivity index (χ0n) is 15.9. The number of pyridine rings is 1. The fourth-order valence-electron chi connectivity index (χ4n) is 4.26. The zero-order valence-corrected chi connectivity index (χ0v) is 15.9. The summed E-state index contributed by atoms with van der Waals surface area (Å²) < 4.78 is 13.7. The first-order valence-electron chi connectivity index (χ1n) is 9.76. The quantitative estimate of drug-likeness (QED) is 0.573. The SMILES string of the molecule is Cc1cc(-n2c(=O)[nH]c3ccccc32)cnc1Oc1cccc2c1C1(CC1)CO2. The van der Waals surface area contributed by atoms with E-state index in [1.807, 2.05) is 55.5 Å². The van der Waals surface area contributed by atoms with Crippen LogP contribution in [0.25, 0.3) is 16.7 Å². The van der Waals surface area contributed by atoms with Crippen LogP contribution >= 0.6 is 0 Å². The Morgan fingerprint density at radius 2 is 2.03 bits per heavy atom. The van der Waals surface area contributed by atoms with Crippen LogP contribution in [0.15, 0.2) is 59.5 Å². The minimum absolute atomic E-state index is 0.122. The van der Waals surface area contributed by atoms with Gasteiger partial charge in [-0.3, -0.25) is 4.57 Å². The van der Waals surface area contributed by atoms with Gasteiger partial charge in [-0.1, -0.05) is 18.2 Å². The number of aryl methyl sites for hydroxylation is 1. The number of aromatic nitrogens is 3. The van der Waals surface area contributed by atoms with Crippen molar-refractivity contribution in [1.82, 2.24) is 14.5 Å². The lowest BCUT2D eigenvalue weighted by atomic mass is 9.97. The van der Waals surface area contributed by atoms with Gasteiger partial charge >= 0.3 is 5.69 Å². The molecule has 6 heteroatoms. The fourth-order valence-corrected chi connectivity index (χ4v) is 4.26. The van der Waals surface area contributed by atoms with Gasteiger partial charge in [0.1, 0.15) is 11.5 Å². The number of rotatable bonds is 3. The highest BCUT2D eigenvalue weighted by atomic mass is 16.5. The molecule has 6 rings (SSSR count). The summed E-state index contributed by atoms with van der Waals surface area (Å²) in [5.74, 6) is 2.27. The average molecular weight is 385 g/mol. The number of para-hydroxylation sites is 2. The molecule has 2 aromatic heterocycles. The third-order valence-corrected chi connectivity index (χ3v) is 5.95. The number of nitrogens with zero attached hydrogens (tertiary/aromatic N) is 2. The van der Waals surface area contributed by atoms with Gasteiger partial charge < -0.3 is 14.5 Å². The standard InChI is InChI=1S/C23H19N3O3/c1-14-11-15(26-17-6-3-2-5-16(17)25-22(26)27)12-24-21(14)29-19-8-4-7-18-20(19)23(9-10-23)13-28-18/h2-8,11-12H,9-10,13H2,1H3,(H,25,27). The van der Waals surface area contributed by atoms with Gasteiger partial charge in [0, 0.05) is 16.5 Å². The summed E-state index contributed by atoms with van der Waals surface area (Å²) in [6.45, 7) is 2.68.